The number of hydrogen-bond donors (Lipinski definition) is 2. The smallest absolute Gasteiger partial charge is 0.157 e. The zero-order valence-corrected chi connectivity index (χ0v) is 13.1. The van der Waals surface area contributed by atoms with Crippen LogP contribution in [0.15, 0.2) is 61.1 Å². The lowest BCUT2D eigenvalue weighted by molar-refractivity contribution is 0.440. The molecule has 0 aliphatic heterocycles. The second-order valence-electron chi connectivity index (χ2n) is 5.34. The van der Waals surface area contributed by atoms with Crippen LogP contribution in [0.2, 0.25) is 0 Å². The summed E-state index contributed by atoms with van der Waals surface area (Å²) in [4.78, 5) is 4.43. The van der Waals surface area contributed by atoms with Crippen molar-refractivity contribution in [3.05, 3.63) is 72.2 Å². The maximum absolute atomic E-state index is 10.0. The number of phenols is 1. The Morgan fingerprint density at radius 2 is 2.00 bits per heavy atom. The van der Waals surface area contributed by atoms with Crippen molar-refractivity contribution in [3.63, 3.8) is 0 Å². The van der Waals surface area contributed by atoms with Gasteiger partial charge >= 0.3 is 0 Å². The van der Waals surface area contributed by atoms with Crippen molar-refractivity contribution in [3.8, 4) is 11.6 Å². The first-order valence-electron chi connectivity index (χ1n) is 7.74. The number of aromatic hydroxyl groups is 1. The fourth-order valence-corrected chi connectivity index (χ4v) is 2.66. The fraction of sp³-hybridized carbons (Fsp3) is 0.222. The Hall–Kier alpha value is -2.66. The van der Waals surface area contributed by atoms with Gasteiger partial charge in [0, 0.05) is 42.3 Å². The molecule has 3 rings (SSSR count). The monoisotopic (exact) mass is 308 g/mol. The lowest BCUT2D eigenvalue weighted by Crippen LogP contribution is -2.21. The van der Waals surface area contributed by atoms with Crippen LogP contribution in [0.4, 0.5) is 0 Å². The molecule has 5 heteroatoms. The van der Waals surface area contributed by atoms with Crippen molar-refractivity contribution < 1.29 is 5.11 Å². The SMILES string of the molecule is CC[C@H](NCc1cccnc1-n1cccn1)c1ccccc1O. The first-order chi connectivity index (χ1) is 11.3. The molecule has 118 valence electrons. The first-order valence-corrected chi connectivity index (χ1v) is 7.74. The summed E-state index contributed by atoms with van der Waals surface area (Å²) in [6, 6.07) is 13.4. The summed E-state index contributed by atoms with van der Waals surface area (Å²) in [5, 5.41) is 17.8. The zero-order valence-electron chi connectivity index (χ0n) is 13.1. The molecule has 0 spiro atoms. The molecule has 2 N–H and O–H groups in total. The maximum Gasteiger partial charge on any atom is 0.157 e. The Kier molecular flexibility index (Phi) is 4.68. The minimum absolute atomic E-state index is 0.0851. The molecule has 0 saturated carbocycles. The highest BCUT2D eigenvalue weighted by molar-refractivity contribution is 5.36. The average Bonchev–Trinajstić information content (AvgIpc) is 3.11. The molecule has 1 atom stereocenters. The normalized spacial score (nSPS) is 12.2. The molecule has 0 saturated heterocycles. The Morgan fingerprint density at radius 1 is 1.13 bits per heavy atom. The van der Waals surface area contributed by atoms with Gasteiger partial charge in [0.25, 0.3) is 0 Å². The van der Waals surface area contributed by atoms with Crippen LogP contribution in [0.3, 0.4) is 0 Å². The molecule has 0 aliphatic carbocycles. The van der Waals surface area contributed by atoms with E-state index in [4.69, 9.17) is 0 Å². The molecule has 2 heterocycles. The summed E-state index contributed by atoms with van der Waals surface area (Å²) in [5.41, 5.74) is 1.98. The van der Waals surface area contributed by atoms with Crippen LogP contribution in [0.25, 0.3) is 5.82 Å². The van der Waals surface area contributed by atoms with E-state index < -0.39 is 0 Å². The number of para-hydroxylation sites is 1. The Labute approximate surface area is 135 Å². The van der Waals surface area contributed by atoms with Crippen molar-refractivity contribution in [1.82, 2.24) is 20.1 Å². The number of pyridine rings is 1. The van der Waals surface area contributed by atoms with Gasteiger partial charge in [0.15, 0.2) is 5.82 Å². The summed E-state index contributed by atoms with van der Waals surface area (Å²) in [5.74, 6) is 1.14. The predicted molar refractivity (Wildman–Crippen MR) is 89.3 cm³/mol. The molecule has 5 nitrogen and oxygen atoms in total. The number of hydrogen-bond acceptors (Lipinski definition) is 4. The first kappa shape index (κ1) is 15.2. The van der Waals surface area contributed by atoms with E-state index in [1.54, 1.807) is 23.1 Å². The Bertz CT molecular complexity index is 755. The van der Waals surface area contributed by atoms with E-state index in [0.29, 0.717) is 12.3 Å². The van der Waals surface area contributed by atoms with Gasteiger partial charge in [-0.25, -0.2) is 9.67 Å². The van der Waals surface area contributed by atoms with E-state index >= 15 is 0 Å². The van der Waals surface area contributed by atoms with Gasteiger partial charge in [0.2, 0.25) is 0 Å². The standard InChI is InChI=1S/C18H20N4O/c1-2-16(15-8-3-4-9-17(15)23)20-13-14-7-5-10-19-18(14)22-12-6-11-21-22/h3-12,16,20,23H,2,13H2,1H3/t16-/m0/s1. The highest BCUT2D eigenvalue weighted by Gasteiger charge is 2.14. The Balaban J connectivity index is 1.79. The van der Waals surface area contributed by atoms with Gasteiger partial charge in [0.1, 0.15) is 5.75 Å². The molecular weight excluding hydrogens is 288 g/mol. The number of nitrogens with zero attached hydrogens (tertiary/aromatic N) is 3. The summed E-state index contributed by atoms with van der Waals surface area (Å²) in [6.07, 6.45) is 6.27. The lowest BCUT2D eigenvalue weighted by Gasteiger charge is -2.19. The molecular formula is C18H20N4O. The van der Waals surface area contributed by atoms with Gasteiger partial charge < -0.3 is 10.4 Å². The molecule has 0 radical (unpaired) electrons. The number of nitrogens with one attached hydrogen (secondary N) is 1. The van der Waals surface area contributed by atoms with Crippen LogP contribution < -0.4 is 5.32 Å². The van der Waals surface area contributed by atoms with E-state index in [2.05, 4.69) is 22.3 Å². The molecule has 2 aromatic heterocycles. The van der Waals surface area contributed by atoms with E-state index in [0.717, 1.165) is 23.4 Å². The van der Waals surface area contributed by atoms with Crippen molar-refractivity contribution in [1.29, 1.82) is 0 Å². The second kappa shape index (κ2) is 7.07. The molecule has 0 fully saturated rings. The van der Waals surface area contributed by atoms with Gasteiger partial charge in [-0.2, -0.15) is 5.10 Å². The highest BCUT2D eigenvalue weighted by Crippen LogP contribution is 2.26. The van der Waals surface area contributed by atoms with E-state index in [-0.39, 0.29) is 6.04 Å². The van der Waals surface area contributed by atoms with Crippen LogP contribution in [-0.4, -0.2) is 19.9 Å². The predicted octanol–water partition coefficient (Wildman–Crippen LogP) is 3.21. The van der Waals surface area contributed by atoms with Crippen molar-refractivity contribution in [2.24, 2.45) is 0 Å². The quantitative estimate of drug-likeness (QED) is 0.734. The fourth-order valence-electron chi connectivity index (χ4n) is 2.66. The number of benzene rings is 1. The van der Waals surface area contributed by atoms with Crippen LogP contribution >= 0.6 is 0 Å². The minimum atomic E-state index is 0.0851. The van der Waals surface area contributed by atoms with Crippen molar-refractivity contribution in [2.75, 3.05) is 0 Å². The molecule has 0 aliphatic rings. The molecule has 0 unspecified atom stereocenters. The summed E-state index contributed by atoms with van der Waals surface area (Å²) in [7, 11) is 0. The third-order valence-electron chi connectivity index (χ3n) is 3.85. The largest absolute Gasteiger partial charge is 0.508 e. The van der Waals surface area contributed by atoms with Gasteiger partial charge in [-0.15, -0.1) is 0 Å². The number of phenolic OH excluding ortho intramolecular Hbond substituents is 1. The van der Waals surface area contributed by atoms with Gasteiger partial charge in [-0.05, 0) is 24.6 Å². The van der Waals surface area contributed by atoms with Crippen LogP contribution in [0, 0.1) is 0 Å². The van der Waals surface area contributed by atoms with Gasteiger partial charge in [-0.1, -0.05) is 31.2 Å². The summed E-state index contributed by atoms with van der Waals surface area (Å²) in [6.45, 7) is 2.75. The Morgan fingerprint density at radius 3 is 2.74 bits per heavy atom. The van der Waals surface area contributed by atoms with Gasteiger partial charge in [-0.3, -0.25) is 0 Å². The van der Waals surface area contributed by atoms with Crippen LogP contribution in [0.1, 0.15) is 30.5 Å². The number of rotatable bonds is 6. The number of aromatic nitrogens is 3. The second-order valence-corrected chi connectivity index (χ2v) is 5.34. The topological polar surface area (TPSA) is 63.0 Å². The minimum Gasteiger partial charge on any atom is -0.508 e. The van der Waals surface area contributed by atoms with Crippen LogP contribution in [-0.2, 0) is 6.54 Å². The molecule has 3 aromatic rings. The van der Waals surface area contributed by atoms with Crippen molar-refractivity contribution in [2.45, 2.75) is 25.9 Å². The molecule has 23 heavy (non-hydrogen) atoms. The molecule has 0 amide bonds. The summed E-state index contributed by atoms with van der Waals surface area (Å²) < 4.78 is 1.76. The highest BCUT2D eigenvalue weighted by atomic mass is 16.3. The van der Waals surface area contributed by atoms with Crippen molar-refractivity contribution >= 4 is 0 Å². The molecule has 1 aromatic carbocycles. The third kappa shape index (κ3) is 3.40. The third-order valence-corrected chi connectivity index (χ3v) is 3.85. The van der Waals surface area contributed by atoms with E-state index in [1.807, 2.05) is 42.6 Å². The maximum atomic E-state index is 10.0. The van der Waals surface area contributed by atoms with E-state index in [1.165, 1.54) is 0 Å². The summed E-state index contributed by atoms with van der Waals surface area (Å²) >= 11 is 0. The van der Waals surface area contributed by atoms with Crippen LogP contribution in [0.5, 0.6) is 5.75 Å². The van der Waals surface area contributed by atoms with Gasteiger partial charge in [0.05, 0.1) is 0 Å². The van der Waals surface area contributed by atoms with E-state index in [9.17, 15) is 5.11 Å². The average molecular weight is 308 g/mol. The molecule has 0 bridgehead atoms. The zero-order chi connectivity index (χ0) is 16.1. The lowest BCUT2D eigenvalue weighted by atomic mass is 10.0.